The van der Waals surface area contributed by atoms with Gasteiger partial charge in [0.15, 0.2) is 5.15 Å². The van der Waals surface area contributed by atoms with Crippen molar-refractivity contribution in [2.75, 3.05) is 11.9 Å². The van der Waals surface area contributed by atoms with E-state index in [0.29, 0.717) is 24.7 Å². The maximum atomic E-state index is 12.5. The number of nitrogens with one attached hydrogen (secondary N) is 1. The molecule has 6 heteroatoms. The van der Waals surface area contributed by atoms with Gasteiger partial charge < -0.3 is 10.2 Å². The number of hydrogen-bond donors (Lipinski definition) is 1. The van der Waals surface area contributed by atoms with E-state index in [1.54, 1.807) is 35.6 Å². The average molecular weight is 319 g/mol. The summed E-state index contributed by atoms with van der Waals surface area (Å²) in [5, 5.41) is 3.09. The molecular weight excluding hydrogens is 300 g/mol. The summed E-state index contributed by atoms with van der Waals surface area (Å²) in [5.41, 5.74) is 1.54. The van der Waals surface area contributed by atoms with Gasteiger partial charge in [-0.1, -0.05) is 25.4 Å². The van der Waals surface area contributed by atoms with E-state index in [2.05, 4.69) is 29.1 Å². The molecule has 0 atom stereocenters. The number of aromatic nitrogens is 2. The maximum Gasteiger partial charge on any atom is 0.322 e. The topological polar surface area (TPSA) is 58.1 Å². The van der Waals surface area contributed by atoms with Crippen LogP contribution >= 0.6 is 11.6 Å². The summed E-state index contributed by atoms with van der Waals surface area (Å²) < 4.78 is 0. The SMILES string of the molecule is CC(C)CN(Cc1ccncc1)C(=O)Nc1cccnc1Cl. The van der Waals surface area contributed by atoms with Crippen molar-refractivity contribution in [3.8, 4) is 0 Å². The molecule has 22 heavy (non-hydrogen) atoms. The van der Waals surface area contributed by atoms with Crippen LogP contribution in [0.5, 0.6) is 0 Å². The number of hydrogen-bond acceptors (Lipinski definition) is 3. The summed E-state index contributed by atoms with van der Waals surface area (Å²) >= 11 is 5.99. The standard InChI is InChI=1S/C16H19ClN4O/c1-12(2)10-21(11-13-5-8-18-9-6-13)16(22)20-14-4-3-7-19-15(14)17/h3-9,12H,10-11H2,1-2H3,(H,20,22). The van der Waals surface area contributed by atoms with Crippen LogP contribution in [0.3, 0.4) is 0 Å². The molecule has 0 fully saturated rings. The first-order valence-electron chi connectivity index (χ1n) is 7.11. The summed E-state index contributed by atoms with van der Waals surface area (Å²) in [6.45, 7) is 5.31. The maximum absolute atomic E-state index is 12.5. The minimum absolute atomic E-state index is 0.194. The van der Waals surface area contributed by atoms with E-state index in [1.165, 1.54) is 0 Å². The van der Waals surface area contributed by atoms with Crippen LogP contribution in [0.2, 0.25) is 5.15 Å². The van der Waals surface area contributed by atoms with E-state index < -0.39 is 0 Å². The molecule has 2 amide bonds. The molecule has 0 aromatic carbocycles. The van der Waals surface area contributed by atoms with Crippen LogP contribution < -0.4 is 5.32 Å². The van der Waals surface area contributed by atoms with Crippen LogP contribution in [-0.2, 0) is 6.54 Å². The van der Waals surface area contributed by atoms with Crippen LogP contribution in [-0.4, -0.2) is 27.4 Å². The molecule has 5 nitrogen and oxygen atoms in total. The lowest BCUT2D eigenvalue weighted by Gasteiger charge is -2.25. The largest absolute Gasteiger partial charge is 0.322 e. The molecule has 0 radical (unpaired) electrons. The second-order valence-corrected chi connectivity index (χ2v) is 5.76. The fourth-order valence-corrected chi connectivity index (χ4v) is 2.21. The number of carbonyl (C=O) groups excluding carboxylic acids is 1. The van der Waals surface area contributed by atoms with Crippen molar-refractivity contribution < 1.29 is 4.79 Å². The molecule has 0 unspecified atom stereocenters. The molecule has 0 bridgehead atoms. The van der Waals surface area contributed by atoms with Gasteiger partial charge in [-0.2, -0.15) is 0 Å². The van der Waals surface area contributed by atoms with E-state index in [0.717, 1.165) is 5.56 Å². The van der Waals surface area contributed by atoms with Gasteiger partial charge in [0.25, 0.3) is 0 Å². The van der Waals surface area contributed by atoms with Crippen molar-refractivity contribution in [2.24, 2.45) is 5.92 Å². The molecule has 116 valence electrons. The van der Waals surface area contributed by atoms with Crippen molar-refractivity contribution in [3.05, 3.63) is 53.6 Å². The number of pyridine rings is 2. The first-order chi connectivity index (χ1) is 10.6. The Labute approximate surface area is 135 Å². The van der Waals surface area contributed by atoms with Crippen LogP contribution in [0.15, 0.2) is 42.9 Å². The number of urea groups is 1. The molecule has 0 aliphatic carbocycles. The van der Waals surface area contributed by atoms with Gasteiger partial charge in [-0.05, 0) is 35.7 Å². The van der Waals surface area contributed by atoms with Crippen LogP contribution in [0.25, 0.3) is 0 Å². The molecule has 0 spiro atoms. The second-order valence-electron chi connectivity index (χ2n) is 5.40. The highest BCUT2D eigenvalue weighted by molar-refractivity contribution is 6.32. The Hall–Kier alpha value is -2.14. The Morgan fingerprint density at radius 3 is 2.64 bits per heavy atom. The third kappa shape index (κ3) is 4.70. The predicted octanol–water partition coefficient (Wildman–Crippen LogP) is 3.82. The lowest BCUT2D eigenvalue weighted by Crippen LogP contribution is -2.37. The van der Waals surface area contributed by atoms with Crippen molar-refractivity contribution in [1.29, 1.82) is 0 Å². The van der Waals surface area contributed by atoms with Gasteiger partial charge in [0.2, 0.25) is 0 Å². The molecule has 2 aromatic rings. The third-order valence-corrected chi connectivity index (χ3v) is 3.30. The summed E-state index contributed by atoms with van der Waals surface area (Å²) in [5.74, 6) is 0.358. The second kappa shape index (κ2) is 7.75. The lowest BCUT2D eigenvalue weighted by atomic mass is 10.2. The first-order valence-corrected chi connectivity index (χ1v) is 7.49. The van der Waals surface area contributed by atoms with E-state index in [1.807, 2.05) is 12.1 Å². The minimum atomic E-state index is -0.194. The number of nitrogens with zero attached hydrogens (tertiary/aromatic N) is 3. The number of rotatable bonds is 5. The molecule has 0 saturated carbocycles. The van der Waals surface area contributed by atoms with Gasteiger partial charge in [0.1, 0.15) is 0 Å². The number of anilines is 1. The Morgan fingerprint density at radius 1 is 1.27 bits per heavy atom. The number of halogens is 1. The normalized spacial score (nSPS) is 10.5. The molecular formula is C16H19ClN4O. The highest BCUT2D eigenvalue weighted by Gasteiger charge is 2.16. The molecule has 0 aliphatic heterocycles. The molecule has 2 rings (SSSR count). The zero-order valence-corrected chi connectivity index (χ0v) is 13.4. The summed E-state index contributed by atoms with van der Waals surface area (Å²) in [4.78, 5) is 22.2. The summed E-state index contributed by atoms with van der Waals surface area (Å²) in [7, 11) is 0. The molecule has 0 saturated heterocycles. The van der Waals surface area contributed by atoms with E-state index in [9.17, 15) is 4.79 Å². The van der Waals surface area contributed by atoms with Gasteiger partial charge in [0.05, 0.1) is 5.69 Å². The Balaban J connectivity index is 2.11. The fraction of sp³-hybridized carbons (Fsp3) is 0.312. The quantitative estimate of drug-likeness (QED) is 0.853. The van der Waals surface area contributed by atoms with E-state index >= 15 is 0 Å². The van der Waals surface area contributed by atoms with Gasteiger partial charge >= 0.3 is 6.03 Å². The van der Waals surface area contributed by atoms with Gasteiger partial charge in [-0.25, -0.2) is 9.78 Å². The Morgan fingerprint density at radius 2 is 2.00 bits per heavy atom. The highest BCUT2D eigenvalue weighted by atomic mass is 35.5. The molecule has 2 aromatic heterocycles. The van der Waals surface area contributed by atoms with Crippen LogP contribution in [0, 0.1) is 5.92 Å². The number of carbonyl (C=O) groups is 1. The monoisotopic (exact) mass is 318 g/mol. The summed E-state index contributed by atoms with van der Waals surface area (Å²) in [6.07, 6.45) is 5.03. The smallest absolute Gasteiger partial charge is 0.320 e. The first kappa shape index (κ1) is 16.2. The van der Waals surface area contributed by atoms with Crippen LogP contribution in [0.4, 0.5) is 10.5 Å². The van der Waals surface area contributed by atoms with Crippen molar-refractivity contribution in [2.45, 2.75) is 20.4 Å². The Bertz CT molecular complexity index is 619. The van der Waals surface area contributed by atoms with Crippen LogP contribution in [0.1, 0.15) is 19.4 Å². The lowest BCUT2D eigenvalue weighted by molar-refractivity contribution is 0.201. The zero-order chi connectivity index (χ0) is 15.9. The predicted molar refractivity (Wildman–Crippen MR) is 87.8 cm³/mol. The van der Waals surface area contributed by atoms with E-state index in [-0.39, 0.29) is 11.2 Å². The zero-order valence-electron chi connectivity index (χ0n) is 12.7. The molecule has 0 aliphatic rings. The van der Waals surface area contributed by atoms with Gasteiger partial charge in [-0.15, -0.1) is 0 Å². The van der Waals surface area contributed by atoms with Crippen molar-refractivity contribution >= 4 is 23.3 Å². The molecule has 2 heterocycles. The Kier molecular flexibility index (Phi) is 5.72. The van der Waals surface area contributed by atoms with Gasteiger partial charge in [0, 0.05) is 31.7 Å². The summed E-state index contributed by atoms with van der Waals surface area (Å²) in [6, 6.07) is 7.07. The average Bonchev–Trinajstić information content (AvgIpc) is 2.49. The van der Waals surface area contributed by atoms with E-state index in [4.69, 9.17) is 11.6 Å². The fourth-order valence-electron chi connectivity index (χ4n) is 2.04. The molecule has 1 N–H and O–H groups in total. The van der Waals surface area contributed by atoms with Gasteiger partial charge in [-0.3, -0.25) is 4.98 Å². The van der Waals surface area contributed by atoms with Crippen molar-refractivity contribution in [1.82, 2.24) is 14.9 Å². The van der Waals surface area contributed by atoms with Crippen molar-refractivity contribution in [3.63, 3.8) is 0 Å². The third-order valence-electron chi connectivity index (χ3n) is 3.00. The minimum Gasteiger partial charge on any atom is -0.320 e. The highest BCUT2D eigenvalue weighted by Crippen LogP contribution is 2.18. The number of amides is 2.